The van der Waals surface area contributed by atoms with Gasteiger partial charge in [-0.05, 0) is 36.6 Å². The van der Waals surface area contributed by atoms with Crippen molar-refractivity contribution in [1.29, 1.82) is 0 Å². The van der Waals surface area contributed by atoms with Gasteiger partial charge >= 0.3 is 5.97 Å². The van der Waals surface area contributed by atoms with Crippen LogP contribution in [0.1, 0.15) is 22.3 Å². The molecule has 28 heavy (non-hydrogen) atoms. The molecule has 1 aliphatic rings. The van der Waals surface area contributed by atoms with Crippen LogP contribution >= 0.6 is 0 Å². The number of aryl methyl sites for hydroxylation is 1. The molecule has 0 bridgehead atoms. The fourth-order valence-electron chi connectivity index (χ4n) is 2.96. The lowest BCUT2D eigenvalue weighted by Crippen LogP contribution is -2.38. The summed E-state index contributed by atoms with van der Waals surface area (Å²) >= 11 is 0. The van der Waals surface area contributed by atoms with Gasteiger partial charge in [0, 0.05) is 36.5 Å². The standard InChI is InChI=1S/C18H15N3O7/c22-17(11-28-18(23)12-3-5-14(6-4-12)20(24)25)19-9-1-2-13-10-15(21(26)27)7-8-16(13)19/h3-8,10H,1-2,9,11H2. The molecule has 144 valence electrons. The minimum atomic E-state index is -0.774. The molecule has 10 heteroatoms. The van der Waals surface area contributed by atoms with Gasteiger partial charge in [0.15, 0.2) is 6.61 Å². The summed E-state index contributed by atoms with van der Waals surface area (Å²) in [5.41, 5.74) is 1.14. The Morgan fingerprint density at radius 1 is 1.00 bits per heavy atom. The first-order valence-electron chi connectivity index (χ1n) is 8.36. The topological polar surface area (TPSA) is 133 Å². The van der Waals surface area contributed by atoms with Gasteiger partial charge in [-0.15, -0.1) is 0 Å². The van der Waals surface area contributed by atoms with Gasteiger partial charge in [-0.3, -0.25) is 25.0 Å². The summed E-state index contributed by atoms with van der Waals surface area (Å²) in [6.45, 7) is -0.0923. The number of nitrogens with zero attached hydrogens (tertiary/aromatic N) is 3. The van der Waals surface area contributed by atoms with E-state index in [2.05, 4.69) is 0 Å². The molecule has 2 aromatic carbocycles. The predicted molar refractivity (Wildman–Crippen MR) is 97.1 cm³/mol. The maximum absolute atomic E-state index is 12.5. The Bertz CT molecular complexity index is 956. The van der Waals surface area contributed by atoms with Crippen molar-refractivity contribution in [2.24, 2.45) is 0 Å². The van der Waals surface area contributed by atoms with Crippen LogP contribution in [-0.4, -0.2) is 34.9 Å². The predicted octanol–water partition coefficient (Wildman–Crippen LogP) is 2.64. The molecule has 1 amide bonds. The van der Waals surface area contributed by atoms with Crippen LogP contribution in [0.3, 0.4) is 0 Å². The normalized spacial score (nSPS) is 12.8. The van der Waals surface area contributed by atoms with E-state index in [1.807, 2.05) is 0 Å². The van der Waals surface area contributed by atoms with Crippen molar-refractivity contribution in [3.63, 3.8) is 0 Å². The zero-order chi connectivity index (χ0) is 20.3. The van der Waals surface area contributed by atoms with Gasteiger partial charge < -0.3 is 9.64 Å². The van der Waals surface area contributed by atoms with Crippen LogP contribution in [0.25, 0.3) is 0 Å². The molecule has 3 rings (SSSR count). The number of nitro groups is 2. The van der Waals surface area contributed by atoms with E-state index >= 15 is 0 Å². The first-order chi connectivity index (χ1) is 13.4. The maximum Gasteiger partial charge on any atom is 0.338 e. The second-order valence-corrected chi connectivity index (χ2v) is 6.10. The Balaban J connectivity index is 1.66. The zero-order valence-electron chi connectivity index (χ0n) is 14.6. The average molecular weight is 385 g/mol. The molecular weight excluding hydrogens is 370 g/mol. The van der Waals surface area contributed by atoms with E-state index in [0.717, 1.165) is 0 Å². The molecule has 0 aliphatic carbocycles. The molecule has 0 unspecified atom stereocenters. The van der Waals surface area contributed by atoms with E-state index < -0.39 is 28.3 Å². The van der Waals surface area contributed by atoms with Gasteiger partial charge in [-0.1, -0.05) is 0 Å². The third-order valence-corrected chi connectivity index (χ3v) is 4.33. The summed E-state index contributed by atoms with van der Waals surface area (Å²) < 4.78 is 5.01. The highest BCUT2D eigenvalue weighted by Gasteiger charge is 2.25. The number of carbonyl (C=O) groups excluding carboxylic acids is 2. The molecule has 0 spiro atoms. The minimum Gasteiger partial charge on any atom is -0.452 e. The molecule has 0 radical (unpaired) electrons. The molecule has 0 N–H and O–H groups in total. The fourth-order valence-corrected chi connectivity index (χ4v) is 2.96. The quantitative estimate of drug-likeness (QED) is 0.439. The number of hydrogen-bond acceptors (Lipinski definition) is 7. The van der Waals surface area contributed by atoms with E-state index in [4.69, 9.17) is 4.74 Å². The molecule has 10 nitrogen and oxygen atoms in total. The van der Waals surface area contributed by atoms with Gasteiger partial charge in [-0.25, -0.2) is 4.79 Å². The Kier molecular flexibility index (Phi) is 5.30. The van der Waals surface area contributed by atoms with Crippen molar-refractivity contribution in [2.45, 2.75) is 12.8 Å². The second-order valence-electron chi connectivity index (χ2n) is 6.10. The third kappa shape index (κ3) is 3.95. The molecule has 0 fully saturated rings. The largest absolute Gasteiger partial charge is 0.452 e. The number of carbonyl (C=O) groups is 2. The Hall–Kier alpha value is -3.82. The van der Waals surface area contributed by atoms with Gasteiger partial charge in [0.25, 0.3) is 17.3 Å². The average Bonchev–Trinajstić information content (AvgIpc) is 2.70. The fraction of sp³-hybridized carbons (Fsp3) is 0.222. The van der Waals surface area contributed by atoms with Crippen LogP contribution in [0.2, 0.25) is 0 Å². The summed E-state index contributed by atoms with van der Waals surface area (Å²) in [5, 5.41) is 21.5. The number of rotatable bonds is 5. The molecule has 0 saturated heterocycles. The molecular formula is C18H15N3O7. The highest BCUT2D eigenvalue weighted by Crippen LogP contribution is 2.30. The number of anilines is 1. The Labute approximate surface area is 158 Å². The molecule has 0 saturated carbocycles. The summed E-state index contributed by atoms with van der Waals surface area (Å²) in [5.74, 6) is -1.23. The van der Waals surface area contributed by atoms with Gasteiger partial charge in [0.05, 0.1) is 15.4 Å². The van der Waals surface area contributed by atoms with Crippen LogP contribution in [-0.2, 0) is 16.0 Å². The summed E-state index contributed by atoms with van der Waals surface area (Å²) in [4.78, 5) is 46.4. The lowest BCUT2D eigenvalue weighted by atomic mass is 10.0. The molecule has 1 aliphatic heterocycles. The number of nitro benzene ring substituents is 2. The number of esters is 1. The molecule has 0 aromatic heterocycles. The smallest absolute Gasteiger partial charge is 0.338 e. The van der Waals surface area contributed by atoms with E-state index in [0.29, 0.717) is 30.6 Å². The number of fused-ring (bicyclic) bond motifs is 1. The summed E-state index contributed by atoms with van der Waals surface area (Å²) in [7, 11) is 0. The lowest BCUT2D eigenvalue weighted by Gasteiger charge is -2.29. The van der Waals surface area contributed by atoms with E-state index in [9.17, 15) is 29.8 Å². The van der Waals surface area contributed by atoms with E-state index in [1.165, 1.54) is 47.4 Å². The maximum atomic E-state index is 12.5. The molecule has 2 aromatic rings. The number of non-ortho nitro benzene ring substituents is 2. The molecule has 0 atom stereocenters. The third-order valence-electron chi connectivity index (χ3n) is 4.33. The van der Waals surface area contributed by atoms with Crippen molar-refractivity contribution in [1.82, 2.24) is 0 Å². The Morgan fingerprint density at radius 3 is 2.29 bits per heavy atom. The summed E-state index contributed by atoms with van der Waals surface area (Å²) in [6, 6.07) is 9.13. The SMILES string of the molecule is O=C(OCC(=O)N1CCCc2cc([N+](=O)[O-])ccc21)c1ccc([N+](=O)[O-])cc1. The lowest BCUT2D eigenvalue weighted by molar-refractivity contribution is -0.385. The number of benzene rings is 2. The number of ether oxygens (including phenoxy) is 1. The van der Waals surface area contributed by atoms with Crippen LogP contribution in [0, 0.1) is 20.2 Å². The van der Waals surface area contributed by atoms with Crippen molar-refractivity contribution < 1.29 is 24.2 Å². The van der Waals surface area contributed by atoms with Gasteiger partial charge in [-0.2, -0.15) is 0 Å². The number of amides is 1. The van der Waals surface area contributed by atoms with Crippen LogP contribution < -0.4 is 4.90 Å². The van der Waals surface area contributed by atoms with Crippen molar-refractivity contribution in [3.8, 4) is 0 Å². The van der Waals surface area contributed by atoms with Crippen LogP contribution in [0.4, 0.5) is 17.1 Å². The summed E-state index contributed by atoms with van der Waals surface area (Å²) in [6.07, 6.45) is 1.25. The van der Waals surface area contributed by atoms with Crippen molar-refractivity contribution in [2.75, 3.05) is 18.1 Å². The van der Waals surface area contributed by atoms with Gasteiger partial charge in [0.2, 0.25) is 0 Å². The van der Waals surface area contributed by atoms with Gasteiger partial charge in [0.1, 0.15) is 0 Å². The highest BCUT2D eigenvalue weighted by atomic mass is 16.6. The van der Waals surface area contributed by atoms with Crippen LogP contribution in [0.5, 0.6) is 0 Å². The molecule has 1 heterocycles. The first-order valence-corrected chi connectivity index (χ1v) is 8.36. The van der Waals surface area contributed by atoms with E-state index in [1.54, 1.807) is 0 Å². The number of hydrogen-bond donors (Lipinski definition) is 0. The van der Waals surface area contributed by atoms with E-state index in [-0.39, 0.29) is 16.9 Å². The van der Waals surface area contributed by atoms with Crippen molar-refractivity contribution >= 4 is 28.9 Å². The van der Waals surface area contributed by atoms with Crippen LogP contribution in [0.15, 0.2) is 42.5 Å². The highest BCUT2D eigenvalue weighted by molar-refractivity contribution is 5.98. The minimum absolute atomic E-state index is 0.0438. The monoisotopic (exact) mass is 385 g/mol. The van der Waals surface area contributed by atoms with Crippen molar-refractivity contribution in [3.05, 3.63) is 73.8 Å². The first kappa shape index (κ1) is 19.0. The Morgan fingerprint density at radius 2 is 1.64 bits per heavy atom. The second kappa shape index (κ2) is 7.82. The zero-order valence-corrected chi connectivity index (χ0v) is 14.6.